The van der Waals surface area contributed by atoms with E-state index in [9.17, 15) is 10.1 Å². The zero-order valence-corrected chi connectivity index (χ0v) is 28.5. The molecule has 3 heterocycles. The molecule has 2 bridgehead atoms. The molecule has 8 heteroatoms. The minimum Gasteiger partial charge on any atom is -0.361 e. The third kappa shape index (κ3) is 6.85. The van der Waals surface area contributed by atoms with Crippen LogP contribution in [0.25, 0.3) is 11.1 Å². The van der Waals surface area contributed by atoms with Crippen molar-refractivity contribution in [3.63, 3.8) is 0 Å². The van der Waals surface area contributed by atoms with Gasteiger partial charge >= 0.3 is 0 Å². The highest BCUT2D eigenvalue weighted by Gasteiger charge is 2.46. The molecule has 0 saturated carbocycles. The molecule has 2 aromatic rings. The molecule has 5 rings (SSSR count). The van der Waals surface area contributed by atoms with Gasteiger partial charge in [0, 0.05) is 32.4 Å². The Morgan fingerprint density at radius 2 is 1.98 bits per heavy atom. The van der Waals surface area contributed by atoms with E-state index >= 15 is 0 Å². The van der Waals surface area contributed by atoms with Crippen LogP contribution in [0.15, 0.2) is 48.7 Å². The summed E-state index contributed by atoms with van der Waals surface area (Å²) in [6.45, 7) is 16.6. The van der Waals surface area contributed by atoms with Gasteiger partial charge in [0.1, 0.15) is 24.1 Å². The Morgan fingerprint density at radius 3 is 2.64 bits per heavy atom. The number of imidazole rings is 1. The van der Waals surface area contributed by atoms with Crippen molar-refractivity contribution in [1.82, 2.24) is 9.55 Å². The summed E-state index contributed by atoms with van der Waals surface area (Å²) in [5.41, 5.74) is 5.42. The maximum absolute atomic E-state index is 13.7. The van der Waals surface area contributed by atoms with Gasteiger partial charge in [0.25, 0.3) is 5.91 Å². The fourth-order valence-electron chi connectivity index (χ4n) is 6.30. The van der Waals surface area contributed by atoms with Gasteiger partial charge < -0.3 is 14.8 Å². The van der Waals surface area contributed by atoms with Crippen LogP contribution in [0.3, 0.4) is 0 Å². The second-order valence-electron chi connectivity index (χ2n) is 14.7. The fraction of sp³-hybridized carbons (Fsp3) is 0.528. The Labute approximate surface area is 264 Å². The standard InChI is InChI=1S/C36H48N4O3Si/c1-8-35-16-17-36(9-2,43-35)22-28(21-35)27-10-11-31(30(20-27)26-12-14-34(3,4)15-13-26)39-33(41)32-38-24-29(23-37)40(32)25-42-18-19-44(5,6)7/h10-12,16-17,20-21,24H,8-9,13-15,18-19,22,25H2,1-7H3,(H,39,41). The van der Waals surface area contributed by atoms with E-state index in [1.54, 1.807) is 4.57 Å². The highest BCUT2D eigenvalue weighted by atomic mass is 28.3. The molecule has 234 valence electrons. The summed E-state index contributed by atoms with van der Waals surface area (Å²) in [4.78, 5) is 18.1. The van der Waals surface area contributed by atoms with Crippen molar-refractivity contribution in [1.29, 1.82) is 5.26 Å². The molecule has 1 aliphatic carbocycles. The van der Waals surface area contributed by atoms with Crippen molar-refractivity contribution >= 4 is 30.8 Å². The summed E-state index contributed by atoms with van der Waals surface area (Å²) < 4.78 is 14.1. The van der Waals surface area contributed by atoms with E-state index in [1.807, 2.05) is 6.07 Å². The number of carbonyl (C=O) groups is 1. The lowest BCUT2D eigenvalue weighted by Crippen LogP contribution is -2.39. The van der Waals surface area contributed by atoms with E-state index in [0.29, 0.717) is 12.3 Å². The van der Waals surface area contributed by atoms with Crippen LogP contribution in [-0.4, -0.2) is 41.3 Å². The van der Waals surface area contributed by atoms with Gasteiger partial charge in [-0.2, -0.15) is 5.26 Å². The van der Waals surface area contributed by atoms with Crippen LogP contribution in [0, 0.1) is 16.7 Å². The largest absolute Gasteiger partial charge is 0.361 e. The van der Waals surface area contributed by atoms with E-state index < -0.39 is 8.07 Å². The molecule has 44 heavy (non-hydrogen) atoms. The molecule has 0 saturated heterocycles. The Bertz CT molecular complexity index is 1550. The summed E-state index contributed by atoms with van der Waals surface area (Å²) in [6.07, 6.45) is 16.2. The number of fused-ring (bicyclic) bond motifs is 2. The third-order valence-electron chi connectivity index (χ3n) is 9.47. The molecule has 0 fully saturated rings. The number of hydrogen-bond acceptors (Lipinski definition) is 5. The maximum atomic E-state index is 13.7. The summed E-state index contributed by atoms with van der Waals surface area (Å²) in [5, 5.41) is 12.9. The minimum atomic E-state index is -1.27. The third-order valence-corrected chi connectivity index (χ3v) is 11.2. The van der Waals surface area contributed by atoms with Gasteiger partial charge in [0.05, 0.1) is 11.8 Å². The number of nitrogens with one attached hydrogen (secondary N) is 1. The topological polar surface area (TPSA) is 89.2 Å². The first-order valence-electron chi connectivity index (χ1n) is 16.1. The summed E-state index contributed by atoms with van der Waals surface area (Å²) in [5.74, 6) is -0.179. The molecule has 2 atom stereocenters. The number of amides is 1. The van der Waals surface area contributed by atoms with Crippen molar-refractivity contribution in [3.8, 4) is 6.07 Å². The molecule has 1 aromatic carbocycles. The van der Waals surface area contributed by atoms with Crippen molar-refractivity contribution in [3.05, 3.63) is 71.3 Å². The number of anilines is 1. The Balaban J connectivity index is 1.46. The lowest BCUT2D eigenvalue weighted by atomic mass is 9.76. The second kappa shape index (κ2) is 12.3. The molecule has 0 spiro atoms. The number of carbonyl (C=O) groups excluding carboxylic acids is 1. The molecule has 1 aromatic heterocycles. The van der Waals surface area contributed by atoms with Crippen LogP contribution >= 0.6 is 0 Å². The Morgan fingerprint density at radius 1 is 1.18 bits per heavy atom. The van der Waals surface area contributed by atoms with Crippen molar-refractivity contribution in [2.75, 3.05) is 11.9 Å². The zero-order valence-electron chi connectivity index (χ0n) is 27.5. The number of allylic oxidation sites excluding steroid dienone is 2. The van der Waals surface area contributed by atoms with E-state index in [0.717, 1.165) is 61.4 Å². The molecule has 7 nitrogen and oxygen atoms in total. The lowest BCUT2D eigenvalue weighted by molar-refractivity contribution is -0.0711. The normalized spacial score (nSPS) is 24.0. The van der Waals surface area contributed by atoms with Crippen molar-refractivity contribution < 1.29 is 14.3 Å². The van der Waals surface area contributed by atoms with Crippen LogP contribution in [0.5, 0.6) is 0 Å². The number of ether oxygens (including phenoxy) is 2. The highest BCUT2D eigenvalue weighted by molar-refractivity contribution is 6.76. The zero-order chi connectivity index (χ0) is 31.8. The number of nitriles is 1. The monoisotopic (exact) mass is 612 g/mol. The number of hydrogen-bond donors (Lipinski definition) is 1. The molecule has 3 aliphatic rings. The van der Waals surface area contributed by atoms with Crippen molar-refractivity contribution in [2.45, 2.75) is 110 Å². The van der Waals surface area contributed by atoms with Crippen molar-refractivity contribution in [2.24, 2.45) is 5.41 Å². The average molecular weight is 613 g/mol. The molecule has 1 amide bonds. The van der Waals surface area contributed by atoms with Crippen LogP contribution in [-0.2, 0) is 16.2 Å². The molecular weight excluding hydrogens is 565 g/mol. The second-order valence-corrected chi connectivity index (χ2v) is 20.3. The predicted molar refractivity (Wildman–Crippen MR) is 180 cm³/mol. The van der Waals surface area contributed by atoms with E-state index in [2.05, 4.69) is 100 Å². The molecule has 2 aliphatic heterocycles. The lowest BCUT2D eigenvalue weighted by Gasteiger charge is -2.39. The minimum absolute atomic E-state index is 0.116. The van der Waals surface area contributed by atoms with Crippen LogP contribution < -0.4 is 5.32 Å². The van der Waals surface area contributed by atoms with Gasteiger partial charge in [0.2, 0.25) is 5.82 Å². The SMILES string of the molecule is CCC12C=CC(CC)(CC(c3ccc(NC(=O)c4ncc(C#N)n4COCC[Si](C)(C)C)c(C4=CCC(C)(C)CC4)c3)=C1)O2. The van der Waals surface area contributed by atoms with Gasteiger partial charge in [-0.3, -0.25) is 9.36 Å². The van der Waals surface area contributed by atoms with Gasteiger partial charge in [-0.15, -0.1) is 0 Å². The quantitative estimate of drug-likeness (QED) is 0.156. The van der Waals surface area contributed by atoms with Gasteiger partial charge in [-0.1, -0.05) is 71.6 Å². The van der Waals surface area contributed by atoms with E-state index in [4.69, 9.17) is 9.47 Å². The van der Waals surface area contributed by atoms with Gasteiger partial charge in [0.15, 0.2) is 0 Å². The Kier molecular flexibility index (Phi) is 8.96. The number of nitrogens with zero attached hydrogens (tertiary/aromatic N) is 3. The smallest absolute Gasteiger partial charge is 0.291 e. The first-order chi connectivity index (χ1) is 20.8. The highest BCUT2D eigenvalue weighted by Crippen LogP contribution is 2.49. The molecule has 1 N–H and O–H groups in total. The van der Waals surface area contributed by atoms with Gasteiger partial charge in [-0.05, 0) is 78.5 Å². The summed E-state index contributed by atoms with van der Waals surface area (Å²) >= 11 is 0. The van der Waals surface area contributed by atoms with Gasteiger partial charge in [-0.25, -0.2) is 4.98 Å². The molecule has 0 radical (unpaired) electrons. The van der Waals surface area contributed by atoms with Crippen LogP contribution in [0.1, 0.15) is 93.7 Å². The summed E-state index contributed by atoms with van der Waals surface area (Å²) in [7, 11) is -1.27. The Hall–Kier alpha value is -3.25. The maximum Gasteiger partial charge on any atom is 0.291 e. The first kappa shape index (κ1) is 32.1. The number of aromatic nitrogens is 2. The molecule has 2 unspecified atom stereocenters. The van der Waals surface area contributed by atoms with Crippen LogP contribution in [0.4, 0.5) is 5.69 Å². The average Bonchev–Trinajstić information content (AvgIpc) is 3.53. The van der Waals surface area contributed by atoms with E-state index in [1.165, 1.54) is 17.3 Å². The predicted octanol–water partition coefficient (Wildman–Crippen LogP) is 8.58. The van der Waals surface area contributed by atoms with E-state index in [-0.39, 0.29) is 35.1 Å². The molecular formula is C36H48N4O3Si. The van der Waals surface area contributed by atoms with Crippen LogP contribution in [0.2, 0.25) is 25.7 Å². The number of benzene rings is 1. The number of rotatable bonds is 11. The summed E-state index contributed by atoms with van der Waals surface area (Å²) in [6, 6.07) is 9.54. The first-order valence-corrected chi connectivity index (χ1v) is 19.8. The fourth-order valence-corrected chi connectivity index (χ4v) is 7.06.